The molecule has 1 aliphatic rings. The van der Waals surface area contributed by atoms with Gasteiger partial charge in [0, 0.05) is 0 Å². The quantitative estimate of drug-likeness (QED) is 0.675. The van der Waals surface area contributed by atoms with Crippen molar-refractivity contribution in [1.82, 2.24) is 0 Å². The van der Waals surface area contributed by atoms with Crippen molar-refractivity contribution in [3.8, 4) is 6.07 Å². The van der Waals surface area contributed by atoms with Gasteiger partial charge in [0.1, 0.15) is 11.5 Å². The van der Waals surface area contributed by atoms with Gasteiger partial charge < -0.3 is 15.2 Å². The van der Waals surface area contributed by atoms with Crippen LogP contribution in [0.3, 0.4) is 0 Å². The minimum Gasteiger partial charge on any atom is -0.466 e. The van der Waals surface area contributed by atoms with E-state index in [0.717, 1.165) is 5.56 Å². The molecule has 0 aromatic heterocycles. The largest absolute Gasteiger partial charge is 0.466 e. The molecule has 1 aliphatic heterocycles. The van der Waals surface area contributed by atoms with Crippen LogP contribution in [0.5, 0.6) is 0 Å². The molecule has 7 heteroatoms. The fourth-order valence-corrected chi connectivity index (χ4v) is 4.10. The van der Waals surface area contributed by atoms with E-state index in [1.54, 1.807) is 30.3 Å². The molecule has 0 spiro atoms. The van der Waals surface area contributed by atoms with Crippen molar-refractivity contribution in [3.63, 3.8) is 0 Å². The zero-order chi connectivity index (χ0) is 24.1. The van der Waals surface area contributed by atoms with Gasteiger partial charge in [0.15, 0.2) is 0 Å². The van der Waals surface area contributed by atoms with Crippen molar-refractivity contribution in [2.45, 2.75) is 26.2 Å². The van der Waals surface area contributed by atoms with Gasteiger partial charge in [0.25, 0.3) is 0 Å². The number of carbonyl (C=O) groups is 2. The zero-order valence-corrected chi connectivity index (χ0v) is 19.2. The molecule has 1 heterocycles. The Morgan fingerprint density at radius 3 is 2.21 bits per heavy atom. The minimum absolute atomic E-state index is 0.000602. The molecule has 2 N–H and O–H groups in total. The van der Waals surface area contributed by atoms with E-state index in [2.05, 4.69) is 19.9 Å². The molecule has 0 bridgehead atoms. The first-order valence-electron chi connectivity index (χ1n) is 10.6. The van der Waals surface area contributed by atoms with Crippen LogP contribution in [-0.4, -0.2) is 26.2 Å². The molecule has 0 amide bonds. The lowest BCUT2D eigenvalue weighted by molar-refractivity contribution is -0.139. The SMILES string of the molecule is COC(=O)C1=C(C(=O)OC)N(c2ccccc2CC(C)C)C(N)=C(C#N)C1c1ccccc1. The number of ether oxygens (including phenoxy) is 2. The molecule has 0 saturated carbocycles. The molecule has 33 heavy (non-hydrogen) atoms. The Kier molecular flexibility index (Phi) is 7.19. The number of benzene rings is 2. The van der Waals surface area contributed by atoms with Gasteiger partial charge in [-0.15, -0.1) is 0 Å². The highest BCUT2D eigenvalue weighted by molar-refractivity contribution is 6.06. The summed E-state index contributed by atoms with van der Waals surface area (Å²) in [6.07, 6.45) is 0.700. The molecule has 2 aromatic rings. The highest BCUT2D eigenvalue weighted by atomic mass is 16.5. The summed E-state index contributed by atoms with van der Waals surface area (Å²) in [6, 6.07) is 18.6. The Morgan fingerprint density at radius 2 is 1.64 bits per heavy atom. The first-order valence-corrected chi connectivity index (χ1v) is 10.6. The fourth-order valence-electron chi connectivity index (χ4n) is 4.10. The average Bonchev–Trinajstić information content (AvgIpc) is 2.83. The van der Waals surface area contributed by atoms with Crippen LogP contribution in [0.25, 0.3) is 0 Å². The molecule has 3 rings (SSSR count). The third-order valence-corrected chi connectivity index (χ3v) is 5.47. The highest BCUT2D eigenvalue weighted by Crippen LogP contribution is 2.44. The third kappa shape index (κ3) is 4.46. The Bertz CT molecular complexity index is 1160. The fraction of sp³-hybridized carbons (Fsp3) is 0.269. The van der Waals surface area contributed by atoms with Crippen LogP contribution in [-0.2, 0) is 25.5 Å². The standard InChI is InChI=1S/C26H27N3O4/c1-16(2)14-18-12-8-9-13-20(18)29-23(26(31)33-4)22(25(30)32-3)21(19(15-27)24(29)28)17-10-6-5-7-11-17/h5-13,16,21H,14,28H2,1-4H3. The summed E-state index contributed by atoms with van der Waals surface area (Å²) < 4.78 is 10.2. The lowest BCUT2D eigenvalue weighted by atomic mass is 9.80. The van der Waals surface area contributed by atoms with E-state index in [-0.39, 0.29) is 22.7 Å². The van der Waals surface area contributed by atoms with Crippen LogP contribution in [0, 0.1) is 17.2 Å². The molecule has 1 atom stereocenters. The van der Waals surface area contributed by atoms with Gasteiger partial charge in [0.2, 0.25) is 0 Å². The van der Waals surface area contributed by atoms with Crippen LogP contribution in [0.15, 0.2) is 77.3 Å². The molecule has 170 valence electrons. The zero-order valence-electron chi connectivity index (χ0n) is 19.2. The van der Waals surface area contributed by atoms with Gasteiger partial charge in [-0.05, 0) is 29.5 Å². The van der Waals surface area contributed by atoms with Crippen molar-refractivity contribution in [2.24, 2.45) is 11.7 Å². The topological polar surface area (TPSA) is 106 Å². The Balaban J connectivity index is 2.41. The summed E-state index contributed by atoms with van der Waals surface area (Å²) in [5.41, 5.74) is 8.80. The van der Waals surface area contributed by atoms with Crippen LogP contribution < -0.4 is 10.6 Å². The predicted molar refractivity (Wildman–Crippen MR) is 125 cm³/mol. The number of methoxy groups -OCH3 is 2. The van der Waals surface area contributed by atoms with Crippen molar-refractivity contribution in [1.29, 1.82) is 5.26 Å². The van der Waals surface area contributed by atoms with Crippen LogP contribution in [0.4, 0.5) is 5.69 Å². The Morgan fingerprint density at radius 1 is 1.03 bits per heavy atom. The van der Waals surface area contributed by atoms with Crippen molar-refractivity contribution < 1.29 is 19.1 Å². The highest BCUT2D eigenvalue weighted by Gasteiger charge is 2.43. The molecule has 0 aliphatic carbocycles. The summed E-state index contributed by atoms with van der Waals surface area (Å²) >= 11 is 0. The number of hydrogen-bond acceptors (Lipinski definition) is 7. The molecule has 0 fully saturated rings. The van der Waals surface area contributed by atoms with E-state index >= 15 is 0 Å². The summed E-state index contributed by atoms with van der Waals surface area (Å²) in [5.74, 6) is -1.99. The smallest absolute Gasteiger partial charge is 0.355 e. The second kappa shape index (κ2) is 10.0. The van der Waals surface area contributed by atoms with Gasteiger partial charge in [-0.2, -0.15) is 5.26 Å². The van der Waals surface area contributed by atoms with E-state index in [9.17, 15) is 14.9 Å². The summed E-state index contributed by atoms with van der Waals surface area (Å²) in [4.78, 5) is 27.7. The van der Waals surface area contributed by atoms with Gasteiger partial charge in [-0.1, -0.05) is 62.4 Å². The molecular formula is C26H27N3O4. The van der Waals surface area contributed by atoms with Gasteiger partial charge in [-0.3, -0.25) is 4.90 Å². The monoisotopic (exact) mass is 445 g/mol. The lowest BCUT2D eigenvalue weighted by Crippen LogP contribution is -2.41. The number of nitrogens with zero attached hydrogens (tertiary/aromatic N) is 2. The first kappa shape index (κ1) is 23.6. The second-order valence-corrected chi connectivity index (χ2v) is 8.06. The number of rotatable bonds is 6. The van der Waals surface area contributed by atoms with E-state index in [0.29, 0.717) is 23.6 Å². The van der Waals surface area contributed by atoms with Crippen LogP contribution in [0.1, 0.15) is 30.9 Å². The van der Waals surface area contributed by atoms with Crippen molar-refractivity contribution >= 4 is 17.6 Å². The molecule has 0 saturated heterocycles. The van der Waals surface area contributed by atoms with Crippen LogP contribution in [0.2, 0.25) is 0 Å². The summed E-state index contributed by atoms with van der Waals surface area (Å²) in [6.45, 7) is 4.16. The van der Waals surface area contributed by atoms with E-state index in [1.807, 2.05) is 24.3 Å². The number of anilines is 1. The maximum absolute atomic E-state index is 13.1. The van der Waals surface area contributed by atoms with E-state index in [1.165, 1.54) is 19.1 Å². The lowest BCUT2D eigenvalue weighted by Gasteiger charge is -2.36. The van der Waals surface area contributed by atoms with Crippen molar-refractivity contribution in [2.75, 3.05) is 19.1 Å². The van der Waals surface area contributed by atoms with E-state index < -0.39 is 17.9 Å². The molecule has 1 unspecified atom stereocenters. The number of carbonyl (C=O) groups excluding carboxylic acids is 2. The van der Waals surface area contributed by atoms with Crippen LogP contribution >= 0.6 is 0 Å². The number of allylic oxidation sites excluding steroid dienone is 1. The molecule has 0 radical (unpaired) electrons. The molecular weight excluding hydrogens is 418 g/mol. The third-order valence-electron chi connectivity index (χ3n) is 5.47. The molecule has 7 nitrogen and oxygen atoms in total. The minimum atomic E-state index is -0.883. The maximum Gasteiger partial charge on any atom is 0.355 e. The number of para-hydroxylation sites is 1. The van der Waals surface area contributed by atoms with Gasteiger partial charge in [-0.25, -0.2) is 9.59 Å². The number of nitriles is 1. The predicted octanol–water partition coefficient (Wildman–Crippen LogP) is 3.78. The van der Waals surface area contributed by atoms with Gasteiger partial charge >= 0.3 is 11.9 Å². The first-order chi connectivity index (χ1) is 15.8. The maximum atomic E-state index is 13.1. The number of esters is 2. The second-order valence-electron chi connectivity index (χ2n) is 8.06. The molecule has 2 aromatic carbocycles. The Hall–Kier alpha value is -4.05. The van der Waals surface area contributed by atoms with E-state index in [4.69, 9.17) is 15.2 Å². The summed E-state index contributed by atoms with van der Waals surface area (Å²) in [7, 11) is 2.47. The van der Waals surface area contributed by atoms with Gasteiger partial charge in [0.05, 0.1) is 43.0 Å². The summed E-state index contributed by atoms with van der Waals surface area (Å²) in [5, 5.41) is 10.1. The Labute approximate surface area is 193 Å². The normalized spacial score (nSPS) is 16.0. The average molecular weight is 446 g/mol. The number of hydrogen-bond donors (Lipinski definition) is 1. The van der Waals surface area contributed by atoms with Crippen molar-refractivity contribution in [3.05, 3.63) is 88.4 Å². The number of nitrogens with two attached hydrogens (primary N) is 1.